The zero-order valence-corrected chi connectivity index (χ0v) is 19.1. The lowest BCUT2D eigenvalue weighted by atomic mass is 10.1. The quantitative estimate of drug-likeness (QED) is 0.154. The molecule has 0 aliphatic rings. The van der Waals surface area contributed by atoms with Crippen molar-refractivity contribution in [2.45, 2.75) is 13.3 Å². The molecule has 3 rings (SSSR count). The normalized spacial score (nSPS) is 10.6. The van der Waals surface area contributed by atoms with Gasteiger partial charge in [-0.1, -0.05) is 12.1 Å². The largest absolute Gasteiger partial charge is 0.497 e. The van der Waals surface area contributed by atoms with E-state index in [1.54, 1.807) is 49.4 Å². The summed E-state index contributed by atoms with van der Waals surface area (Å²) in [4.78, 5) is 34.8. The number of carbonyl (C=O) groups excluding carboxylic acids is 2. The molecule has 0 heterocycles. The van der Waals surface area contributed by atoms with Gasteiger partial charge in [-0.25, -0.2) is 10.2 Å². The maximum atomic E-state index is 12.5. The molecule has 180 valence electrons. The van der Waals surface area contributed by atoms with Crippen LogP contribution in [0.2, 0.25) is 0 Å². The number of hydrogen-bond donors (Lipinski definition) is 1. The highest BCUT2D eigenvalue weighted by Gasteiger charge is 2.13. The molecular formula is C25H23N3O7. The van der Waals surface area contributed by atoms with Gasteiger partial charge >= 0.3 is 5.97 Å². The minimum absolute atomic E-state index is 0.0137. The van der Waals surface area contributed by atoms with Crippen molar-refractivity contribution >= 4 is 23.8 Å². The highest BCUT2D eigenvalue weighted by Crippen LogP contribution is 2.29. The molecule has 0 spiro atoms. The summed E-state index contributed by atoms with van der Waals surface area (Å²) in [5.41, 5.74) is 3.94. The van der Waals surface area contributed by atoms with Crippen LogP contribution in [0.4, 0.5) is 5.69 Å². The average Bonchev–Trinajstić information content (AvgIpc) is 2.86. The first-order valence-corrected chi connectivity index (χ1v) is 10.6. The highest BCUT2D eigenvalue weighted by molar-refractivity contribution is 5.92. The van der Waals surface area contributed by atoms with Gasteiger partial charge in [0.15, 0.2) is 11.5 Å². The van der Waals surface area contributed by atoms with Crippen LogP contribution in [0.25, 0.3) is 0 Å². The summed E-state index contributed by atoms with van der Waals surface area (Å²) in [7, 11) is 1.54. The van der Waals surface area contributed by atoms with E-state index in [-0.39, 0.29) is 23.8 Å². The standard InChI is InChI=1S/C25H23N3O7/c1-3-34-23-14-18(6-13-22(23)35-25(30)19-7-11-21(33-2)12-8-19)16-26-27-24(29)15-17-4-9-20(10-5-17)28(31)32/h4-14,16H,3,15H2,1-2H3,(H,27,29)/b26-16+. The number of hydrazone groups is 1. The van der Waals surface area contributed by atoms with Crippen LogP contribution >= 0.6 is 0 Å². The van der Waals surface area contributed by atoms with Crippen molar-refractivity contribution in [1.29, 1.82) is 0 Å². The molecule has 0 fully saturated rings. The van der Waals surface area contributed by atoms with E-state index in [1.807, 2.05) is 0 Å². The van der Waals surface area contributed by atoms with Crippen molar-refractivity contribution in [2.24, 2.45) is 5.10 Å². The lowest BCUT2D eigenvalue weighted by Gasteiger charge is -2.11. The van der Waals surface area contributed by atoms with Gasteiger partial charge in [0.05, 0.1) is 36.8 Å². The number of nitro groups is 1. The molecule has 0 radical (unpaired) electrons. The number of non-ortho nitro benzene ring substituents is 1. The smallest absolute Gasteiger partial charge is 0.343 e. The Morgan fingerprint density at radius 2 is 1.74 bits per heavy atom. The summed E-state index contributed by atoms with van der Waals surface area (Å²) < 4.78 is 16.2. The Kier molecular flexibility index (Phi) is 8.49. The summed E-state index contributed by atoms with van der Waals surface area (Å²) >= 11 is 0. The predicted molar refractivity (Wildman–Crippen MR) is 128 cm³/mol. The van der Waals surface area contributed by atoms with Crippen LogP contribution in [-0.2, 0) is 11.2 Å². The van der Waals surface area contributed by atoms with Crippen molar-refractivity contribution in [3.8, 4) is 17.2 Å². The van der Waals surface area contributed by atoms with Crippen molar-refractivity contribution in [2.75, 3.05) is 13.7 Å². The third-order valence-corrected chi connectivity index (χ3v) is 4.71. The number of rotatable bonds is 10. The number of benzene rings is 3. The first-order valence-electron chi connectivity index (χ1n) is 10.6. The van der Waals surface area contributed by atoms with Crippen LogP contribution in [0, 0.1) is 10.1 Å². The molecule has 1 amide bonds. The summed E-state index contributed by atoms with van der Waals surface area (Å²) in [6, 6.07) is 17.1. The van der Waals surface area contributed by atoms with E-state index in [9.17, 15) is 19.7 Å². The molecule has 0 saturated carbocycles. The zero-order chi connectivity index (χ0) is 25.2. The molecule has 35 heavy (non-hydrogen) atoms. The Balaban J connectivity index is 1.62. The molecule has 10 nitrogen and oxygen atoms in total. The number of nitrogens with one attached hydrogen (secondary N) is 1. The fourth-order valence-electron chi connectivity index (χ4n) is 2.98. The second-order valence-electron chi connectivity index (χ2n) is 7.15. The lowest BCUT2D eigenvalue weighted by Crippen LogP contribution is -2.19. The maximum absolute atomic E-state index is 12.5. The number of methoxy groups -OCH3 is 1. The second kappa shape index (κ2) is 11.9. The van der Waals surface area contributed by atoms with E-state index in [0.717, 1.165) is 0 Å². The molecule has 0 saturated heterocycles. The average molecular weight is 477 g/mol. The Morgan fingerprint density at radius 1 is 1.03 bits per heavy atom. The van der Waals surface area contributed by atoms with Crippen LogP contribution in [-0.4, -0.2) is 36.7 Å². The third kappa shape index (κ3) is 7.13. The molecule has 0 unspecified atom stereocenters. The SMILES string of the molecule is CCOc1cc(/C=N/NC(=O)Cc2ccc([N+](=O)[O-])cc2)ccc1OC(=O)c1ccc(OC)cc1. The van der Waals surface area contributed by atoms with Crippen molar-refractivity contribution < 1.29 is 28.7 Å². The fraction of sp³-hybridized carbons (Fsp3) is 0.160. The van der Waals surface area contributed by atoms with Gasteiger partial charge in [-0.3, -0.25) is 14.9 Å². The number of hydrogen-bond acceptors (Lipinski definition) is 8. The number of ether oxygens (including phenoxy) is 3. The number of carbonyl (C=O) groups is 2. The van der Waals surface area contributed by atoms with E-state index >= 15 is 0 Å². The molecule has 0 atom stereocenters. The molecule has 0 bridgehead atoms. The van der Waals surface area contributed by atoms with E-state index in [4.69, 9.17) is 14.2 Å². The van der Waals surface area contributed by atoms with Crippen LogP contribution in [0.5, 0.6) is 17.2 Å². The Morgan fingerprint density at radius 3 is 2.37 bits per heavy atom. The minimum Gasteiger partial charge on any atom is -0.497 e. The Labute approximate surface area is 201 Å². The Hall–Kier alpha value is -4.73. The highest BCUT2D eigenvalue weighted by atomic mass is 16.6. The molecule has 0 aromatic heterocycles. The molecule has 3 aromatic rings. The first-order chi connectivity index (χ1) is 16.9. The molecule has 0 aliphatic heterocycles. The summed E-state index contributed by atoms with van der Waals surface area (Å²) in [5, 5.41) is 14.6. The molecule has 1 N–H and O–H groups in total. The fourth-order valence-corrected chi connectivity index (χ4v) is 2.98. The maximum Gasteiger partial charge on any atom is 0.343 e. The van der Waals surface area contributed by atoms with Gasteiger partial charge in [0.2, 0.25) is 5.91 Å². The number of amides is 1. The van der Waals surface area contributed by atoms with Crippen molar-refractivity contribution in [3.63, 3.8) is 0 Å². The van der Waals surface area contributed by atoms with E-state index in [1.165, 1.54) is 37.6 Å². The Bertz CT molecular complexity index is 1220. The topological polar surface area (TPSA) is 129 Å². The number of nitrogens with zero attached hydrogens (tertiary/aromatic N) is 2. The van der Waals surface area contributed by atoms with Gasteiger partial charge in [-0.15, -0.1) is 0 Å². The second-order valence-corrected chi connectivity index (χ2v) is 7.15. The third-order valence-electron chi connectivity index (χ3n) is 4.71. The van der Waals surface area contributed by atoms with Crippen LogP contribution in [0.15, 0.2) is 71.8 Å². The van der Waals surface area contributed by atoms with Gasteiger partial charge in [0.25, 0.3) is 5.69 Å². The monoisotopic (exact) mass is 477 g/mol. The lowest BCUT2D eigenvalue weighted by molar-refractivity contribution is -0.384. The van der Waals surface area contributed by atoms with Gasteiger partial charge in [0, 0.05) is 12.1 Å². The van der Waals surface area contributed by atoms with E-state index in [2.05, 4.69) is 10.5 Å². The molecule has 3 aromatic carbocycles. The van der Waals surface area contributed by atoms with Gasteiger partial charge in [-0.2, -0.15) is 5.10 Å². The summed E-state index contributed by atoms with van der Waals surface area (Å²) in [5.74, 6) is 0.279. The number of esters is 1. The predicted octanol–water partition coefficient (Wildman–Crippen LogP) is 3.91. The minimum atomic E-state index is -0.548. The molecular weight excluding hydrogens is 454 g/mol. The van der Waals surface area contributed by atoms with Gasteiger partial charge < -0.3 is 14.2 Å². The van der Waals surface area contributed by atoms with Crippen LogP contribution in [0.1, 0.15) is 28.4 Å². The summed E-state index contributed by atoms with van der Waals surface area (Å²) in [6.45, 7) is 2.15. The summed E-state index contributed by atoms with van der Waals surface area (Å²) in [6.07, 6.45) is 1.44. The van der Waals surface area contributed by atoms with Gasteiger partial charge in [-0.05, 0) is 60.5 Å². The van der Waals surface area contributed by atoms with E-state index < -0.39 is 10.9 Å². The molecule has 10 heteroatoms. The van der Waals surface area contributed by atoms with Crippen LogP contribution < -0.4 is 19.6 Å². The number of nitro benzene ring substituents is 1. The van der Waals surface area contributed by atoms with Crippen LogP contribution in [0.3, 0.4) is 0 Å². The zero-order valence-electron chi connectivity index (χ0n) is 19.1. The van der Waals surface area contributed by atoms with Gasteiger partial charge in [0.1, 0.15) is 5.75 Å². The van der Waals surface area contributed by atoms with Crippen molar-refractivity contribution in [3.05, 3.63) is 93.5 Å². The molecule has 0 aliphatic carbocycles. The first kappa shape index (κ1) is 24.9. The van der Waals surface area contributed by atoms with Crippen molar-refractivity contribution in [1.82, 2.24) is 5.43 Å². The van der Waals surface area contributed by atoms with E-state index in [0.29, 0.717) is 34.8 Å².